The van der Waals surface area contributed by atoms with Crippen molar-refractivity contribution in [2.24, 2.45) is 0 Å². The highest BCUT2D eigenvalue weighted by Crippen LogP contribution is 2.27. The number of pyridine rings is 1. The van der Waals surface area contributed by atoms with E-state index in [0.29, 0.717) is 11.5 Å². The van der Waals surface area contributed by atoms with Gasteiger partial charge in [0.1, 0.15) is 0 Å². The monoisotopic (exact) mass is 234 g/mol. The SMILES string of the molecule is Cc1ccnc(Nc2nc(C)c(C)s2)c1N. The molecular formula is C11H14N4S. The Bertz CT molecular complexity index is 499. The predicted molar refractivity (Wildman–Crippen MR) is 68.3 cm³/mol. The molecule has 0 fully saturated rings. The lowest BCUT2D eigenvalue weighted by Crippen LogP contribution is -2.00. The maximum atomic E-state index is 5.93. The summed E-state index contributed by atoms with van der Waals surface area (Å²) in [6, 6.07) is 1.89. The van der Waals surface area contributed by atoms with Gasteiger partial charge in [0.25, 0.3) is 0 Å². The highest BCUT2D eigenvalue weighted by atomic mass is 32.1. The molecule has 0 unspecified atom stereocenters. The maximum absolute atomic E-state index is 5.93. The van der Waals surface area contributed by atoms with Crippen molar-refractivity contribution in [3.8, 4) is 0 Å². The molecule has 0 aromatic carbocycles. The Morgan fingerprint density at radius 3 is 2.69 bits per heavy atom. The maximum Gasteiger partial charge on any atom is 0.188 e. The molecule has 0 aliphatic heterocycles. The second kappa shape index (κ2) is 4.09. The zero-order valence-corrected chi connectivity index (χ0v) is 10.4. The van der Waals surface area contributed by atoms with Crippen LogP contribution < -0.4 is 11.1 Å². The first-order valence-electron chi connectivity index (χ1n) is 5.00. The van der Waals surface area contributed by atoms with E-state index < -0.39 is 0 Å². The third-order valence-electron chi connectivity index (χ3n) is 2.46. The quantitative estimate of drug-likeness (QED) is 0.838. The predicted octanol–water partition coefficient (Wildman–Crippen LogP) is 2.79. The van der Waals surface area contributed by atoms with Crippen LogP contribution in [0.2, 0.25) is 0 Å². The van der Waals surface area contributed by atoms with Crippen molar-refractivity contribution in [1.82, 2.24) is 9.97 Å². The van der Waals surface area contributed by atoms with Gasteiger partial charge in [0.15, 0.2) is 10.9 Å². The number of aryl methyl sites for hydroxylation is 3. The lowest BCUT2D eigenvalue weighted by atomic mass is 10.2. The van der Waals surface area contributed by atoms with Gasteiger partial charge in [0.2, 0.25) is 0 Å². The Morgan fingerprint density at radius 1 is 1.31 bits per heavy atom. The van der Waals surface area contributed by atoms with Crippen molar-refractivity contribution in [3.63, 3.8) is 0 Å². The summed E-state index contributed by atoms with van der Waals surface area (Å²) in [5, 5.41) is 3.98. The summed E-state index contributed by atoms with van der Waals surface area (Å²) in [6.45, 7) is 6.00. The fourth-order valence-corrected chi connectivity index (χ4v) is 2.11. The number of nitrogens with one attached hydrogen (secondary N) is 1. The fourth-order valence-electron chi connectivity index (χ4n) is 1.30. The van der Waals surface area contributed by atoms with Crippen LogP contribution >= 0.6 is 11.3 Å². The smallest absolute Gasteiger partial charge is 0.188 e. The Kier molecular flexibility index (Phi) is 2.78. The summed E-state index contributed by atoms with van der Waals surface area (Å²) in [5.41, 5.74) is 8.66. The topological polar surface area (TPSA) is 63.8 Å². The molecule has 2 aromatic heterocycles. The molecule has 0 spiro atoms. The van der Waals surface area contributed by atoms with Crippen molar-refractivity contribution in [3.05, 3.63) is 28.4 Å². The number of thiazole rings is 1. The van der Waals surface area contributed by atoms with Crippen LogP contribution in [0.3, 0.4) is 0 Å². The summed E-state index contributed by atoms with van der Waals surface area (Å²) in [7, 11) is 0. The van der Waals surface area contributed by atoms with Gasteiger partial charge in [-0.1, -0.05) is 0 Å². The Labute approximate surface area is 98.6 Å². The van der Waals surface area contributed by atoms with E-state index in [1.165, 1.54) is 4.88 Å². The number of nitrogens with zero attached hydrogens (tertiary/aromatic N) is 2. The van der Waals surface area contributed by atoms with Crippen LogP contribution in [0, 0.1) is 20.8 Å². The number of anilines is 3. The minimum atomic E-state index is 0.674. The van der Waals surface area contributed by atoms with Gasteiger partial charge < -0.3 is 11.1 Å². The van der Waals surface area contributed by atoms with Crippen LogP contribution in [-0.2, 0) is 0 Å². The third-order valence-corrected chi connectivity index (χ3v) is 3.45. The molecule has 16 heavy (non-hydrogen) atoms. The average Bonchev–Trinajstić information content (AvgIpc) is 2.54. The van der Waals surface area contributed by atoms with Crippen LogP contribution in [0.15, 0.2) is 12.3 Å². The number of aromatic nitrogens is 2. The van der Waals surface area contributed by atoms with Crippen molar-refractivity contribution in [2.45, 2.75) is 20.8 Å². The van der Waals surface area contributed by atoms with E-state index in [4.69, 9.17) is 5.73 Å². The number of nitrogen functional groups attached to an aromatic ring is 1. The molecule has 0 saturated carbocycles. The van der Waals surface area contributed by atoms with Crippen molar-refractivity contribution in [2.75, 3.05) is 11.1 Å². The molecule has 2 heterocycles. The van der Waals surface area contributed by atoms with Crippen LogP contribution in [0.4, 0.5) is 16.6 Å². The van der Waals surface area contributed by atoms with Gasteiger partial charge in [0, 0.05) is 11.1 Å². The standard InChI is InChI=1S/C11H14N4S/c1-6-4-5-13-10(9(6)12)15-11-14-7(2)8(3)16-11/h4-5H,12H2,1-3H3,(H,13,14,15). The van der Waals surface area contributed by atoms with Gasteiger partial charge in [-0.25, -0.2) is 9.97 Å². The van der Waals surface area contributed by atoms with Crippen LogP contribution in [0.5, 0.6) is 0 Å². The minimum absolute atomic E-state index is 0.674. The van der Waals surface area contributed by atoms with Gasteiger partial charge in [-0.05, 0) is 32.4 Å². The van der Waals surface area contributed by atoms with Crippen molar-refractivity contribution in [1.29, 1.82) is 0 Å². The number of nitrogens with two attached hydrogens (primary N) is 1. The van der Waals surface area contributed by atoms with Crippen molar-refractivity contribution < 1.29 is 0 Å². The van der Waals surface area contributed by atoms with E-state index in [-0.39, 0.29) is 0 Å². The van der Waals surface area contributed by atoms with Gasteiger partial charge in [-0.15, -0.1) is 11.3 Å². The molecule has 0 radical (unpaired) electrons. The lowest BCUT2D eigenvalue weighted by Gasteiger charge is -2.06. The Balaban J connectivity index is 2.30. The molecule has 0 atom stereocenters. The van der Waals surface area contributed by atoms with Crippen LogP contribution in [-0.4, -0.2) is 9.97 Å². The second-order valence-corrected chi connectivity index (χ2v) is 4.88. The average molecular weight is 234 g/mol. The summed E-state index contributed by atoms with van der Waals surface area (Å²) in [5.74, 6) is 0.675. The molecule has 2 aromatic rings. The molecule has 0 aliphatic carbocycles. The zero-order chi connectivity index (χ0) is 11.7. The molecule has 2 rings (SSSR count). The van der Waals surface area contributed by atoms with E-state index in [9.17, 15) is 0 Å². The zero-order valence-electron chi connectivity index (χ0n) is 9.53. The van der Waals surface area contributed by atoms with Gasteiger partial charge in [-0.2, -0.15) is 0 Å². The van der Waals surface area contributed by atoms with Gasteiger partial charge in [0.05, 0.1) is 11.4 Å². The number of rotatable bonds is 2. The second-order valence-electron chi connectivity index (χ2n) is 3.68. The highest BCUT2D eigenvalue weighted by molar-refractivity contribution is 7.15. The van der Waals surface area contributed by atoms with E-state index in [1.807, 2.05) is 26.8 Å². The van der Waals surface area contributed by atoms with Crippen molar-refractivity contribution >= 4 is 28.0 Å². The summed E-state index contributed by atoms with van der Waals surface area (Å²) in [4.78, 5) is 9.79. The molecule has 0 amide bonds. The Morgan fingerprint density at radius 2 is 2.06 bits per heavy atom. The van der Waals surface area contributed by atoms with Crippen LogP contribution in [0.25, 0.3) is 0 Å². The van der Waals surface area contributed by atoms with Gasteiger partial charge >= 0.3 is 0 Å². The molecule has 5 heteroatoms. The summed E-state index contributed by atoms with van der Waals surface area (Å²) >= 11 is 1.61. The Hall–Kier alpha value is -1.62. The third kappa shape index (κ3) is 1.99. The van der Waals surface area contributed by atoms with E-state index in [1.54, 1.807) is 17.5 Å². The molecule has 3 N–H and O–H groups in total. The number of hydrogen-bond acceptors (Lipinski definition) is 5. The van der Waals surface area contributed by atoms with E-state index in [2.05, 4.69) is 15.3 Å². The molecule has 0 saturated heterocycles. The largest absolute Gasteiger partial charge is 0.396 e. The van der Waals surface area contributed by atoms with E-state index in [0.717, 1.165) is 16.4 Å². The minimum Gasteiger partial charge on any atom is -0.396 e. The van der Waals surface area contributed by atoms with Gasteiger partial charge in [-0.3, -0.25) is 0 Å². The number of hydrogen-bond donors (Lipinski definition) is 2. The van der Waals surface area contributed by atoms with E-state index >= 15 is 0 Å². The first-order valence-corrected chi connectivity index (χ1v) is 5.81. The first kappa shape index (κ1) is 10.9. The molecule has 4 nitrogen and oxygen atoms in total. The molecule has 0 bridgehead atoms. The lowest BCUT2D eigenvalue weighted by molar-refractivity contribution is 1.21. The normalized spacial score (nSPS) is 10.4. The highest BCUT2D eigenvalue weighted by Gasteiger charge is 2.07. The first-order chi connectivity index (χ1) is 7.58. The molecule has 84 valence electrons. The summed E-state index contributed by atoms with van der Waals surface area (Å²) < 4.78 is 0. The fraction of sp³-hybridized carbons (Fsp3) is 0.273. The molecule has 0 aliphatic rings. The van der Waals surface area contributed by atoms with Crippen LogP contribution in [0.1, 0.15) is 16.1 Å². The molecular weight excluding hydrogens is 220 g/mol. The summed E-state index contributed by atoms with van der Waals surface area (Å²) in [6.07, 6.45) is 1.74.